The molecule has 1 saturated heterocycles. The lowest BCUT2D eigenvalue weighted by molar-refractivity contribution is -0.130. The molecule has 0 radical (unpaired) electrons. The Hall–Kier alpha value is -4.33. The number of alkyl carbamates (subject to hydrolysis) is 1. The van der Waals surface area contributed by atoms with Crippen LogP contribution in [0.4, 0.5) is 10.6 Å². The molecule has 1 fully saturated rings. The summed E-state index contributed by atoms with van der Waals surface area (Å²) in [5.74, 6) is 1.17. The molecule has 194 valence electrons. The third-order valence-corrected chi connectivity index (χ3v) is 6.55. The molecule has 37 heavy (non-hydrogen) atoms. The molecule has 11 nitrogen and oxygen atoms in total. The lowest BCUT2D eigenvalue weighted by atomic mass is 9.89. The van der Waals surface area contributed by atoms with Gasteiger partial charge in [0.05, 0.1) is 30.1 Å². The summed E-state index contributed by atoms with van der Waals surface area (Å²) in [6.45, 7) is 7.40. The van der Waals surface area contributed by atoms with Crippen LogP contribution in [-0.4, -0.2) is 65.0 Å². The van der Waals surface area contributed by atoms with Crippen molar-refractivity contribution < 1.29 is 19.1 Å². The first-order valence-electron chi connectivity index (χ1n) is 12.2. The van der Waals surface area contributed by atoms with Gasteiger partial charge in [-0.3, -0.25) is 4.79 Å². The summed E-state index contributed by atoms with van der Waals surface area (Å²) in [7, 11) is 1.45. The molecular formula is C26H31N7O4. The molecule has 1 unspecified atom stereocenters. The highest BCUT2D eigenvalue weighted by molar-refractivity contribution is 5.85. The fraction of sp³-hybridized carbons (Fsp3) is 0.423. The minimum Gasteiger partial charge on any atom is -0.492 e. The predicted molar refractivity (Wildman–Crippen MR) is 137 cm³/mol. The predicted octanol–water partition coefficient (Wildman–Crippen LogP) is 2.89. The number of rotatable bonds is 7. The maximum Gasteiger partial charge on any atom is 0.407 e. The molecule has 2 N–H and O–H groups in total. The van der Waals surface area contributed by atoms with Crippen LogP contribution in [0, 0.1) is 11.3 Å². The monoisotopic (exact) mass is 505 g/mol. The number of pyridine rings is 2. The van der Waals surface area contributed by atoms with E-state index in [1.165, 1.54) is 7.05 Å². The van der Waals surface area contributed by atoms with E-state index in [4.69, 9.17) is 14.5 Å². The number of nitrogens with zero attached hydrogens (tertiary/aromatic N) is 5. The van der Waals surface area contributed by atoms with Crippen LogP contribution in [0.5, 0.6) is 5.75 Å². The van der Waals surface area contributed by atoms with Crippen molar-refractivity contribution in [3.63, 3.8) is 0 Å². The molecular weight excluding hydrogens is 474 g/mol. The molecule has 0 spiro atoms. The lowest BCUT2D eigenvalue weighted by Crippen LogP contribution is -2.55. The van der Waals surface area contributed by atoms with E-state index in [9.17, 15) is 14.9 Å². The molecule has 1 aliphatic rings. The van der Waals surface area contributed by atoms with Crippen LogP contribution in [0.3, 0.4) is 0 Å². The van der Waals surface area contributed by atoms with Crippen LogP contribution < -0.4 is 20.3 Å². The highest BCUT2D eigenvalue weighted by atomic mass is 16.6. The Morgan fingerprint density at radius 3 is 2.65 bits per heavy atom. The van der Waals surface area contributed by atoms with Gasteiger partial charge in [-0.25, -0.2) is 14.3 Å². The Labute approximate surface area is 215 Å². The number of amides is 2. The molecule has 0 saturated carbocycles. The average molecular weight is 506 g/mol. The maximum atomic E-state index is 12.5. The highest BCUT2D eigenvalue weighted by Crippen LogP contribution is 2.32. The quantitative estimate of drug-likeness (QED) is 0.501. The van der Waals surface area contributed by atoms with Gasteiger partial charge in [0, 0.05) is 43.0 Å². The van der Waals surface area contributed by atoms with Crippen molar-refractivity contribution in [3.05, 3.63) is 42.4 Å². The van der Waals surface area contributed by atoms with E-state index >= 15 is 0 Å². The molecule has 0 aliphatic carbocycles. The van der Waals surface area contributed by atoms with Crippen LogP contribution in [0.2, 0.25) is 0 Å². The summed E-state index contributed by atoms with van der Waals surface area (Å²) in [4.78, 5) is 30.8. The SMILES string of the molecule is CCOc1cc(-c2ccc(N3CCC(C)(NC(=O)C(C)OC(=O)NC)CC3)nc2)c2c(C#N)cnn2c1. The van der Waals surface area contributed by atoms with Crippen molar-refractivity contribution in [2.45, 2.75) is 45.3 Å². The first-order chi connectivity index (χ1) is 17.8. The van der Waals surface area contributed by atoms with Crippen LogP contribution in [0.1, 0.15) is 39.2 Å². The lowest BCUT2D eigenvalue weighted by Gasteiger charge is -2.40. The second kappa shape index (κ2) is 10.7. The van der Waals surface area contributed by atoms with E-state index in [0.29, 0.717) is 49.4 Å². The first kappa shape index (κ1) is 25.8. The number of carbonyl (C=O) groups excluding carboxylic acids is 2. The minimum absolute atomic E-state index is 0.320. The molecule has 4 rings (SSSR count). The van der Waals surface area contributed by atoms with Crippen molar-refractivity contribution in [1.29, 1.82) is 5.26 Å². The number of hydrogen-bond acceptors (Lipinski definition) is 8. The van der Waals surface area contributed by atoms with Crippen molar-refractivity contribution in [2.24, 2.45) is 0 Å². The maximum absolute atomic E-state index is 12.5. The highest BCUT2D eigenvalue weighted by Gasteiger charge is 2.33. The number of carbonyl (C=O) groups is 2. The van der Waals surface area contributed by atoms with Crippen LogP contribution >= 0.6 is 0 Å². The number of aromatic nitrogens is 3. The number of anilines is 1. The summed E-state index contributed by atoms with van der Waals surface area (Å²) in [5.41, 5.74) is 2.45. The summed E-state index contributed by atoms with van der Waals surface area (Å²) >= 11 is 0. The second-order valence-corrected chi connectivity index (χ2v) is 9.23. The van der Waals surface area contributed by atoms with E-state index in [-0.39, 0.29) is 5.91 Å². The van der Waals surface area contributed by atoms with Gasteiger partial charge < -0.3 is 25.0 Å². The van der Waals surface area contributed by atoms with Crippen molar-refractivity contribution in [2.75, 3.05) is 31.6 Å². The summed E-state index contributed by atoms with van der Waals surface area (Å²) < 4.78 is 12.4. The topological polar surface area (TPSA) is 134 Å². The zero-order chi connectivity index (χ0) is 26.6. The minimum atomic E-state index is -0.881. The molecule has 0 aromatic carbocycles. The molecule has 3 aromatic rings. The van der Waals surface area contributed by atoms with Gasteiger partial charge in [0.25, 0.3) is 5.91 Å². The van der Waals surface area contributed by atoms with Crippen LogP contribution in [0.25, 0.3) is 16.6 Å². The normalized spacial score (nSPS) is 15.5. The van der Waals surface area contributed by atoms with Gasteiger partial charge in [-0.1, -0.05) is 0 Å². The molecule has 3 aromatic heterocycles. The Bertz CT molecular complexity index is 1320. The van der Waals surface area contributed by atoms with Crippen LogP contribution in [0.15, 0.2) is 36.8 Å². The summed E-state index contributed by atoms with van der Waals surface area (Å²) in [6, 6.07) is 8.05. The molecule has 0 bridgehead atoms. The van der Waals surface area contributed by atoms with E-state index in [1.54, 1.807) is 30.0 Å². The second-order valence-electron chi connectivity index (χ2n) is 9.23. The third-order valence-electron chi connectivity index (χ3n) is 6.55. The molecule has 1 aliphatic heterocycles. The van der Waals surface area contributed by atoms with Gasteiger partial charge in [-0.05, 0) is 51.8 Å². The number of hydrogen-bond donors (Lipinski definition) is 2. The van der Waals surface area contributed by atoms with E-state index < -0.39 is 17.7 Å². The number of fused-ring (bicyclic) bond motifs is 1. The van der Waals surface area contributed by atoms with Crippen molar-refractivity contribution in [3.8, 4) is 22.9 Å². The molecule has 2 amide bonds. The van der Waals surface area contributed by atoms with Gasteiger partial charge in [0.15, 0.2) is 6.10 Å². The number of nitriles is 1. The smallest absolute Gasteiger partial charge is 0.407 e. The van der Waals surface area contributed by atoms with Gasteiger partial charge in [0.1, 0.15) is 17.6 Å². The van der Waals surface area contributed by atoms with E-state index in [1.807, 2.05) is 32.0 Å². The number of ether oxygens (including phenoxy) is 2. The van der Waals surface area contributed by atoms with Crippen molar-refractivity contribution >= 4 is 23.3 Å². The van der Waals surface area contributed by atoms with E-state index in [0.717, 1.165) is 16.9 Å². The Balaban J connectivity index is 1.46. The van der Waals surface area contributed by atoms with Gasteiger partial charge >= 0.3 is 6.09 Å². The molecule has 4 heterocycles. The average Bonchev–Trinajstić information content (AvgIpc) is 3.32. The summed E-state index contributed by atoms with van der Waals surface area (Å²) in [5, 5.41) is 19.2. The molecule has 11 heteroatoms. The van der Waals surface area contributed by atoms with Gasteiger partial charge in [0.2, 0.25) is 0 Å². The third kappa shape index (κ3) is 5.58. The number of nitrogens with one attached hydrogen (secondary N) is 2. The number of piperidine rings is 1. The largest absolute Gasteiger partial charge is 0.492 e. The standard InChI is InChI=1S/C26H31N7O4/c1-5-36-20-12-21(23-19(13-27)15-30-33(23)16-20)18-6-7-22(29-14-18)32-10-8-26(3,9-11-32)31-24(34)17(2)37-25(35)28-4/h6-7,12,14-17H,5,8-11H2,1-4H3,(H,28,35)(H,31,34). The first-order valence-corrected chi connectivity index (χ1v) is 12.2. The fourth-order valence-electron chi connectivity index (χ4n) is 4.40. The van der Waals surface area contributed by atoms with Gasteiger partial charge in [-0.15, -0.1) is 0 Å². The summed E-state index contributed by atoms with van der Waals surface area (Å²) in [6.07, 6.45) is 5.02. The Kier molecular flexibility index (Phi) is 7.47. The fourth-order valence-corrected chi connectivity index (χ4v) is 4.40. The zero-order valence-electron chi connectivity index (χ0n) is 21.4. The Morgan fingerprint density at radius 2 is 2.03 bits per heavy atom. The molecule has 1 atom stereocenters. The Morgan fingerprint density at radius 1 is 1.27 bits per heavy atom. The van der Waals surface area contributed by atoms with Gasteiger partial charge in [-0.2, -0.15) is 10.4 Å². The van der Waals surface area contributed by atoms with Crippen LogP contribution in [-0.2, 0) is 9.53 Å². The van der Waals surface area contributed by atoms with E-state index in [2.05, 4.69) is 26.7 Å². The van der Waals surface area contributed by atoms with Crippen molar-refractivity contribution in [1.82, 2.24) is 25.2 Å². The zero-order valence-corrected chi connectivity index (χ0v) is 21.4.